The third-order valence-electron chi connectivity index (χ3n) is 6.64. The Morgan fingerprint density at radius 2 is 0.652 bits per heavy atom. The minimum Gasteiger partial charge on any atom is -0.458 e. The first-order valence-electron chi connectivity index (χ1n) is 21.6. The Kier molecular flexibility index (Phi) is 36.6. The Balaban J connectivity index is -0.000000392. The molecule has 0 aliphatic rings. The molecule has 0 aromatic carbocycles. The van der Waals surface area contributed by atoms with Crippen molar-refractivity contribution in [1.82, 2.24) is 10.6 Å². The number of hydrogen-bond donors (Lipinski definition) is 2. The molecule has 0 aromatic rings. The molecule has 384 valence electrons. The molecule has 0 saturated carbocycles. The molecule has 66 heavy (non-hydrogen) atoms. The van der Waals surface area contributed by atoms with Crippen molar-refractivity contribution in [3.05, 3.63) is 0 Å². The van der Waals surface area contributed by atoms with E-state index in [-0.39, 0.29) is 104 Å². The molecule has 0 bridgehead atoms. The summed E-state index contributed by atoms with van der Waals surface area (Å²) in [5.41, 5.74) is -0.652. The quantitative estimate of drug-likeness (QED) is 0.101. The second kappa shape index (κ2) is 35.5. The average molecular weight is 951 g/mol. The zero-order chi connectivity index (χ0) is 52.5. The zero-order valence-corrected chi connectivity index (χ0v) is 43.0. The highest BCUT2D eigenvalue weighted by atomic mass is 16.6. The van der Waals surface area contributed by atoms with Crippen LogP contribution in [-0.4, -0.2) is 146 Å². The lowest BCUT2D eigenvalue weighted by Gasteiger charge is -2.20. The molecule has 0 fully saturated rings. The Bertz CT molecular complexity index is 1400. The van der Waals surface area contributed by atoms with Crippen molar-refractivity contribution in [3.63, 3.8) is 0 Å². The van der Waals surface area contributed by atoms with Crippen molar-refractivity contribution in [3.8, 4) is 0 Å². The van der Waals surface area contributed by atoms with E-state index < -0.39 is 42.1 Å². The summed E-state index contributed by atoms with van der Waals surface area (Å²) in [6, 6.07) is 0. The van der Waals surface area contributed by atoms with E-state index in [1.54, 1.807) is 0 Å². The highest BCUT2D eigenvalue weighted by molar-refractivity contribution is 5.84. The third kappa shape index (κ3) is 57.4. The number of ether oxygens (including phenoxy) is 8. The van der Waals surface area contributed by atoms with Crippen molar-refractivity contribution in [2.45, 2.75) is 185 Å². The number of esters is 6. The fourth-order valence-electron chi connectivity index (χ4n) is 3.66. The van der Waals surface area contributed by atoms with Crippen LogP contribution in [0.4, 0.5) is 0 Å². The third-order valence-corrected chi connectivity index (χ3v) is 6.64. The molecule has 0 aromatic heterocycles. The maximum absolute atomic E-state index is 11.4. The topological polar surface area (TPSA) is 269 Å². The summed E-state index contributed by atoms with van der Waals surface area (Å²) in [5.74, 6) is -4.04. The van der Waals surface area contributed by atoms with Crippen molar-refractivity contribution in [2.24, 2.45) is 0 Å². The number of hydrogen-bond acceptors (Lipinski definition) is 20. The number of Topliss-reactive ketones (excluding diaryl/α,β-unsaturated/α-hetero) is 4. The monoisotopic (exact) mass is 951 g/mol. The first kappa shape index (κ1) is 67.9. The summed E-state index contributed by atoms with van der Waals surface area (Å²) in [4.78, 5) is 110. The SMILES string of the molecule is CC(=O)COC(=O)C(C)OC(=O)CCNC(C)(C)C.CC(=O)COC(=O)C(C)OC(=O)CCOC(C)(C)C.CC(=O)COC(=O)CCNC(C)(C)C.CC(=O)COC(=O)CCOC(C)(C)C. The lowest BCUT2D eigenvalue weighted by atomic mass is 10.1. The van der Waals surface area contributed by atoms with Crippen molar-refractivity contribution >= 4 is 58.9 Å². The first-order chi connectivity index (χ1) is 29.9. The summed E-state index contributed by atoms with van der Waals surface area (Å²) in [6.07, 6.45) is -1.32. The van der Waals surface area contributed by atoms with Crippen LogP contribution >= 0.6 is 0 Å². The molecule has 0 aliphatic carbocycles. The second-order valence-electron chi connectivity index (χ2n) is 18.9. The molecule has 0 amide bonds. The maximum Gasteiger partial charge on any atom is 0.347 e. The molecule has 2 atom stereocenters. The predicted molar refractivity (Wildman–Crippen MR) is 243 cm³/mol. The number of carbonyl (C=O) groups is 10. The summed E-state index contributed by atoms with van der Waals surface area (Å²) < 4.78 is 39.0. The minimum atomic E-state index is -1.03. The molecular weight excluding hydrogens is 869 g/mol. The van der Waals surface area contributed by atoms with Crippen LogP contribution in [0.15, 0.2) is 0 Å². The van der Waals surface area contributed by atoms with Crippen LogP contribution in [0.1, 0.15) is 150 Å². The van der Waals surface area contributed by atoms with Gasteiger partial charge in [-0.3, -0.25) is 38.4 Å². The Hall–Kier alpha value is -4.66. The van der Waals surface area contributed by atoms with Crippen molar-refractivity contribution in [2.75, 3.05) is 52.7 Å². The fourth-order valence-corrected chi connectivity index (χ4v) is 3.66. The van der Waals surface area contributed by atoms with Gasteiger partial charge in [0.2, 0.25) is 0 Å². The van der Waals surface area contributed by atoms with E-state index in [4.69, 9.17) is 18.9 Å². The molecule has 20 nitrogen and oxygen atoms in total. The molecule has 0 spiro atoms. The van der Waals surface area contributed by atoms with Gasteiger partial charge in [-0.1, -0.05) is 0 Å². The summed E-state index contributed by atoms with van der Waals surface area (Å²) in [7, 11) is 0. The number of carbonyl (C=O) groups excluding carboxylic acids is 10. The van der Waals surface area contributed by atoms with Gasteiger partial charge in [0.25, 0.3) is 0 Å². The molecule has 2 unspecified atom stereocenters. The minimum absolute atomic E-state index is 0.000849. The molecule has 0 aliphatic heterocycles. The summed E-state index contributed by atoms with van der Waals surface area (Å²) in [6.45, 7) is 32.3. The van der Waals surface area contributed by atoms with Gasteiger partial charge in [0, 0.05) is 24.2 Å². The average Bonchev–Trinajstić information content (AvgIpc) is 3.12. The Labute approximate surface area is 392 Å². The number of rotatable bonds is 24. The van der Waals surface area contributed by atoms with Gasteiger partial charge in [-0.15, -0.1) is 0 Å². The lowest BCUT2D eigenvalue weighted by Crippen LogP contribution is -2.37. The van der Waals surface area contributed by atoms with Gasteiger partial charge in [0.05, 0.1) is 50.1 Å². The van der Waals surface area contributed by atoms with Gasteiger partial charge in [0.1, 0.15) is 26.4 Å². The van der Waals surface area contributed by atoms with Crippen LogP contribution in [0.2, 0.25) is 0 Å². The summed E-state index contributed by atoms with van der Waals surface area (Å²) >= 11 is 0. The van der Waals surface area contributed by atoms with E-state index in [1.165, 1.54) is 41.5 Å². The molecule has 0 heterocycles. The summed E-state index contributed by atoms with van der Waals surface area (Å²) in [5, 5.41) is 6.29. The van der Waals surface area contributed by atoms with E-state index in [0.29, 0.717) is 26.1 Å². The highest BCUT2D eigenvalue weighted by Gasteiger charge is 2.22. The Morgan fingerprint density at radius 1 is 0.394 bits per heavy atom. The van der Waals surface area contributed by atoms with Gasteiger partial charge >= 0.3 is 35.8 Å². The van der Waals surface area contributed by atoms with Crippen LogP contribution in [0, 0.1) is 0 Å². The maximum atomic E-state index is 11.4. The molecule has 20 heteroatoms. The number of nitrogens with one attached hydrogen (secondary N) is 2. The lowest BCUT2D eigenvalue weighted by molar-refractivity contribution is -0.168. The molecule has 0 saturated heterocycles. The largest absolute Gasteiger partial charge is 0.458 e. The van der Waals surface area contributed by atoms with Crippen LogP contribution in [0.3, 0.4) is 0 Å². The van der Waals surface area contributed by atoms with Crippen molar-refractivity contribution in [1.29, 1.82) is 0 Å². The van der Waals surface area contributed by atoms with Crippen LogP contribution in [0.5, 0.6) is 0 Å². The fraction of sp³-hybridized carbons (Fsp3) is 0.783. The van der Waals surface area contributed by atoms with E-state index in [0.717, 1.165) is 0 Å². The van der Waals surface area contributed by atoms with Crippen LogP contribution < -0.4 is 10.6 Å². The first-order valence-corrected chi connectivity index (χ1v) is 21.6. The molecular formula is C46H82N2O18. The normalized spacial score (nSPS) is 12.0. The highest BCUT2D eigenvalue weighted by Crippen LogP contribution is 2.09. The van der Waals surface area contributed by atoms with Gasteiger partial charge in [-0.25, -0.2) is 9.59 Å². The smallest absolute Gasteiger partial charge is 0.347 e. The predicted octanol–water partition coefficient (Wildman–Crippen LogP) is 4.30. The van der Waals surface area contributed by atoms with Gasteiger partial charge in [0.15, 0.2) is 35.3 Å². The molecule has 0 radical (unpaired) electrons. The van der Waals surface area contributed by atoms with Gasteiger partial charge in [-0.05, 0) is 125 Å². The van der Waals surface area contributed by atoms with E-state index in [9.17, 15) is 47.9 Å². The van der Waals surface area contributed by atoms with E-state index in [1.807, 2.05) is 83.1 Å². The number of ketones is 4. The second-order valence-corrected chi connectivity index (χ2v) is 18.9. The zero-order valence-electron chi connectivity index (χ0n) is 43.0. The van der Waals surface area contributed by atoms with Gasteiger partial charge in [-0.2, -0.15) is 0 Å². The van der Waals surface area contributed by atoms with Crippen molar-refractivity contribution < 1.29 is 85.8 Å². The van der Waals surface area contributed by atoms with E-state index in [2.05, 4.69) is 29.6 Å². The van der Waals surface area contributed by atoms with E-state index >= 15 is 0 Å². The van der Waals surface area contributed by atoms with Crippen LogP contribution in [0.25, 0.3) is 0 Å². The Morgan fingerprint density at radius 3 is 0.939 bits per heavy atom. The molecule has 2 N–H and O–H groups in total. The molecule has 0 rings (SSSR count). The standard InChI is InChI=1S/C13H23NO5.C13H22O6.C10H19NO3.C10H18O4/c1-9(15)8-18-12(17)10(2)19-11(16)6-7-14-13(3,4)5;1-9(14)8-17-12(16)10(2)19-11(15)6-7-18-13(3,4)5;1-8(12)7-14-9(13)5-6-11-10(2,3)4;1-8(11)7-13-9(12)5-6-14-10(2,3)4/h10,14H,6-8H2,1-5H3;10H,6-8H2,1-5H3;11H,5-7H2,1-4H3;5-7H2,1-4H3. The van der Waals surface area contributed by atoms with Gasteiger partial charge < -0.3 is 48.5 Å². The van der Waals surface area contributed by atoms with Crippen LogP contribution in [-0.2, 0) is 85.8 Å².